The quantitative estimate of drug-likeness (QED) is 0.377. The highest BCUT2D eigenvalue weighted by atomic mass is 16.5. The third kappa shape index (κ3) is 2.86. The predicted octanol–water partition coefficient (Wildman–Crippen LogP) is -0.0982. The fourth-order valence-electron chi connectivity index (χ4n) is 1.18. The Hall–Kier alpha value is -0.805. The maximum absolute atomic E-state index is 10.9. The highest BCUT2D eigenvalue weighted by Gasteiger charge is 2.26. The van der Waals surface area contributed by atoms with Gasteiger partial charge in [-0.1, -0.05) is 0 Å². The molecule has 4 nitrogen and oxygen atoms in total. The molecule has 5 heteroatoms. The molecule has 0 aliphatic carbocycles. The second kappa shape index (κ2) is 4.44. The van der Waals surface area contributed by atoms with Gasteiger partial charge in [0.1, 0.15) is 0 Å². The van der Waals surface area contributed by atoms with Crippen molar-refractivity contribution in [3.8, 4) is 0 Å². The second-order valence-electron chi connectivity index (χ2n) is 3.09. The molecule has 1 N–H and O–H groups in total. The Morgan fingerprint density at radius 3 is 2.85 bits per heavy atom. The van der Waals surface area contributed by atoms with E-state index in [1.54, 1.807) is 13.7 Å². The van der Waals surface area contributed by atoms with E-state index in [4.69, 9.17) is 9.76 Å². The Labute approximate surface area is 78.3 Å². The third-order valence-corrected chi connectivity index (χ3v) is 1.95. The normalized spacial score (nSPS) is 16.4. The lowest BCUT2D eigenvalue weighted by Gasteiger charge is -2.34. The Morgan fingerprint density at radius 2 is 2.38 bits per heavy atom. The first kappa shape index (κ1) is 10.3. The summed E-state index contributed by atoms with van der Waals surface area (Å²) < 4.78 is 4.75. The highest BCUT2D eigenvalue weighted by Crippen LogP contribution is 2.14. The van der Waals surface area contributed by atoms with Gasteiger partial charge in [-0.15, -0.1) is 0 Å². The van der Waals surface area contributed by atoms with Crippen LogP contribution in [0.25, 0.3) is 0 Å². The van der Waals surface area contributed by atoms with Crippen LogP contribution in [0.2, 0.25) is 6.82 Å². The first-order chi connectivity index (χ1) is 6.13. The molecular weight excluding hydrogens is 169 g/mol. The lowest BCUT2D eigenvalue weighted by molar-refractivity contribution is -0.137. The zero-order chi connectivity index (χ0) is 9.84. The summed E-state index contributed by atoms with van der Waals surface area (Å²) in [5.74, 6) is -0.289. The molecule has 0 amide bonds. The lowest BCUT2D eigenvalue weighted by Crippen LogP contribution is -2.48. The number of hydrogen-bond acceptors (Lipinski definition) is 4. The van der Waals surface area contributed by atoms with Crippen LogP contribution in [0.1, 0.15) is 6.92 Å². The third-order valence-electron chi connectivity index (χ3n) is 1.95. The van der Waals surface area contributed by atoms with E-state index in [-0.39, 0.29) is 5.97 Å². The van der Waals surface area contributed by atoms with Crippen molar-refractivity contribution in [3.63, 3.8) is 0 Å². The molecule has 0 radical (unpaired) electrons. The monoisotopic (exact) mass is 183 g/mol. The van der Waals surface area contributed by atoms with Crippen molar-refractivity contribution in [2.45, 2.75) is 13.7 Å². The summed E-state index contributed by atoms with van der Waals surface area (Å²) in [6.45, 7) is 5.22. The molecule has 1 aliphatic heterocycles. The molecule has 0 saturated carbocycles. The predicted molar refractivity (Wildman–Crippen MR) is 50.1 cm³/mol. The number of nitrogens with zero attached hydrogens (tertiary/aromatic N) is 1. The fourth-order valence-corrected chi connectivity index (χ4v) is 1.18. The van der Waals surface area contributed by atoms with E-state index in [9.17, 15) is 4.79 Å². The second-order valence-corrected chi connectivity index (χ2v) is 3.09. The highest BCUT2D eigenvalue weighted by molar-refractivity contribution is 6.45. The maximum atomic E-state index is 10.9. The van der Waals surface area contributed by atoms with E-state index >= 15 is 0 Å². The van der Waals surface area contributed by atoms with Gasteiger partial charge in [-0.25, -0.2) is 4.79 Å². The smallest absolute Gasteiger partial charge is 0.376 e. The Kier molecular flexibility index (Phi) is 3.51. The molecule has 0 aromatic carbocycles. The van der Waals surface area contributed by atoms with Crippen LogP contribution in [0, 0.1) is 0 Å². The number of carbonyl (C=O) groups excluding carboxylic acids is 1. The zero-order valence-corrected chi connectivity index (χ0v) is 7.99. The van der Waals surface area contributed by atoms with Crippen LogP contribution >= 0.6 is 0 Å². The maximum Gasteiger partial charge on any atom is 0.376 e. The number of carbonyl (C=O) groups is 1. The van der Waals surface area contributed by atoms with Crippen LogP contribution in [0.4, 0.5) is 0 Å². The number of rotatable bonds is 3. The number of esters is 1. The molecule has 0 aromatic heterocycles. The van der Waals surface area contributed by atoms with Crippen LogP contribution in [0.5, 0.6) is 0 Å². The van der Waals surface area contributed by atoms with Gasteiger partial charge in [-0.05, 0) is 19.3 Å². The standard InChI is InChI=1S/C8H14BNO3/c1-3-13-8(11)4-7-5-10(6-7)9(2)12/h4,12H,3,5-6H2,1-2H3. The Balaban J connectivity index is 2.30. The molecular formula is C8H14BNO3. The van der Waals surface area contributed by atoms with Gasteiger partial charge in [0.25, 0.3) is 0 Å². The summed E-state index contributed by atoms with van der Waals surface area (Å²) in [5, 5.41) is 9.11. The molecule has 1 heterocycles. The molecule has 1 aliphatic rings. The van der Waals surface area contributed by atoms with Gasteiger partial charge in [-0.3, -0.25) is 0 Å². The summed E-state index contributed by atoms with van der Waals surface area (Å²) in [7, 11) is -0.431. The van der Waals surface area contributed by atoms with Gasteiger partial charge < -0.3 is 14.6 Å². The van der Waals surface area contributed by atoms with Gasteiger partial charge >= 0.3 is 13.0 Å². The van der Waals surface area contributed by atoms with Crippen LogP contribution in [0.15, 0.2) is 11.6 Å². The van der Waals surface area contributed by atoms with E-state index in [1.165, 1.54) is 6.08 Å². The van der Waals surface area contributed by atoms with Crippen molar-refractivity contribution < 1.29 is 14.6 Å². The lowest BCUT2D eigenvalue weighted by atomic mass is 9.80. The molecule has 72 valence electrons. The SMILES string of the molecule is CCOC(=O)C=C1CN(B(C)O)C1. The first-order valence-corrected chi connectivity index (χ1v) is 4.41. The van der Waals surface area contributed by atoms with Gasteiger partial charge in [-0.2, -0.15) is 0 Å². The van der Waals surface area contributed by atoms with Crippen LogP contribution in [-0.2, 0) is 9.53 Å². The van der Waals surface area contributed by atoms with Gasteiger partial charge in [0, 0.05) is 19.2 Å². The molecule has 1 fully saturated rings. The molecule has 0 spiro atoms. The fraction of sp³-hybridized carbons (Fsp3) is 0.625. The summed E-state index contributed by atoms with van der Waals surface area (Å²) in [6.07, 6.45) is 1.50. The molecule has 1 saturated heterocycles. The molecule has 0 bridgehead atoms. The van der Waals surface area contributed by atoms with E-state index in [0.717, 1.165) is 5.57 Å². The van der Waals surface area contributed by atoms with Gasteiger partial charge in [0.15, 0.2) is 0 Å². The topological polar surface area (TPSA) is 49.8 Å². The summed E-state index contributed by atoms with van der Waals surface area (Å²) in [5.41, 5.74) is 1.01. The van der Waals surface area contributed by atoms with Crippen LogP contribution < -0.4 is 0 Å². The zero-order valence-electron chi connectivity index (χ0n) is 7.99. The van der Waals surface area contributed by atoms with Crippen LogP contribution in [-0.4, -0.2) is 42.6 Å². The van der Waals surface area contributed by atoms with Crippen molar-refractivity contribution in [2.75, 3.05) is 19.7 Å². The van der Waals surface area contributed by atoms with E-state index in [1.807, 2.05) is 4.81 Å². The molecule has 0 aromatic rings. The number of ether oxygens (including phenoxy) is 1. The summed E-state index contributed by atoms with van der Waals surface area (Å²) in [4.78, 5) is 12.8. The minimum Gasteiger partial charge on any atom is -0.463 e. The molecule has 13 heavy (non-hydrogen) atoms. The van der Waals surface area contributed by atoms with Crippen molar-refractivity contribution >= 4 is 13.0 Å². The Bertz CT molecular complexity index is 219. The van der Waals surface area contributed by atoms with Crippen LogP contribution in [0.3, 0.4) is 0 Å². The average molecular weight is 183 g/mol. The van der Waals surface area contributed by atoms with E-state index < -0.39 is 7.05 Å². The molecule has 0 atom stereocenters. The average Bonchev–Trinajstić information content (AvgIpc) is 1.95. The minimum atomic E-state index is -0.431. The van der Waals surface area contributed by atoms with Gasteiger partial charge in [0.05, 0.1) is 6.61 Å². The van der Waals surface area contributed by atoms with E-state index in [0.29, 0.717) is 19.7 Å². The number of hydrogen-bond donors (Lipinski definition) is 1. The molecule has 1 rings (SSSR count). The van der Waals surface area contributed by atoms with Crippen molar-refractivity contribution in [1.29, 1.82) is 0 Å². The van der Waals surface area contributed by atoms with Crippen molar-refractivity contribution in [3.05, 3.63) is 11.6 Å². The van der Waals surface area contributed by atoms with Gasteiger partial charge in [0.2, 0.25) is 0 Å². The molecule has 0 unspecified atom stereocenters. The first-order valence-electron chi connectivity index (χ1n) is 4.41. The van der Waals surface area contributed by atoms with Crippen molar-refractivity contribution in [2.24, 2.45) is 0 Å². The summed E-state index contributed by atoms with van der Waals surface area (Å²) in [6, 6.07) is 0. The van der Waals surface area contributed by atoms with Crippen molar-refractivity contribution in [1.82, 2.24) is 4.81 Å². The van der Waals surface area contributed by atoms with E-state index in [2.05, 4.69) is 0 Å². The Morgan fingerprint density at radius 1 is 1.77 bits per heavy atom. The summed E-state index contributed by atoms with van der Waals surface area (Å²) >= 11 is 0. The largest absolute Gasteiger partial charge is 0.463 e. The minimum absolute atomic E-state index is 0.289.